The number of sulfonamides is 1. The van der Waals surface area contributed by atoms with Crippen LogP contribution in [0.25, 0.3) is 0 Å². The van der Waals surface area contributed by atoms with Crippen molar-refractivity contribution in [2.24, 2.45) is 0 Å². The summed E-state index contributed by atoms with van der Waals surface area (Å²) < 4.78 is 27.0. The number of benzene rings is 1. The Kier molecular flexibility index (Phi) is 3.94. The molecule has 0 fully saturated rings. The molecule has 1 heterocycles. The molecule has 0 aliphatic rings. The standard InChI is InChI=1S/C12H12ClNO2S2/c1-2-9-7-8-12(17-9)18(15,16)14-11-6-4-3-5-10(11)13/h3-8,14H,2H2,1H3. The van der Waals surface area contributed by atoms with Gasteiger partial charge in [0.1, 0.15) is 4.21 Å². The Bertz CT molecular complexity index is 650. The van der Waals surface area contributed by atoms with E-state index in [1.54, 1.807) is 30.3 Å². The molecule has 0 unspecified atom stereocenters. The van der Waals surface area contributed by atoms with E-state index in [9.17, 15) is 8.42 Å². The van der Waals surface area contributed by atoms with Crippen LogP contribution < -0.4 is 4.72 Å². The average Bonchev–Trinajstić information content (AvgIpc) is 2.81. The normalized spacial score (nSPS) is 11.4. The van der Waals surface area contributed by atoms with E-state index in [2.05, 4.69) is 4.72 Å². The van der Waals surface area contributed by atoms with Gasteiger partial charge in [-0.05, 0) is 30.7 Å². The van der Waals surface area contributed by atoms with Crippen molar-refractivity contribution in [2.45, 2.75) is 17.6 Å². The van der Waals surface area contributed by atoms with Crippen molar-refractivity contribution >= 4 is 38.6 Å². The first kappa shape index (κ1) is 13.4. The monoisotopic (exact) mass is 301 g/mol. The van der Waals surface area contributed by atoms with E-state index in [4.69, 9.17) is 11.6 Å². The third-order valence-electron chi connectivity index (χ3n) is 2.37. The summed E-state index contributed by atoms with van der Waals surface area (Å²) >= 11 is 7.20. The molecule has 1 aromatic carbocycles. The number of aryl methyl sites for hydroxylation is 1. The fourth-order valence-electron chi connectivity index (χ4n) is 1.43. The summed E-state index contributed by atoms with van der Waals surface area (Å²) in [5.74, 6) is 0. The van der Waals surface area contributed by atoms with Gasteiger partial charge in [-0.3, -0.25) is 4.72 Å². The topological polar surface area (TPSA) is 46.2 Å². The maximum Gasteiger partial charge on any atom is 0.271 e. The van der Waals surface area contributed by atoms with Crippen LogP contribution in [-0.2, 0) is 16.4 Å². The SMILES string of the molecule is CCc1ccc(S(=O)(=O)Nc2ccccc2Cl)s1. The van der Waals surface area contributed by atoms with Gasteiger partial charge >= 0.3 is 0 Å². The van der Waals surface area contributed by atoms with Gasteiger partial charge in [0.2, 0.25) is 0 Å². The fourth-order valence-corrected chi connectivity index (χ4v) is 4.05. The third kappa shape index (κ3) is 2.85. The Morgan fingerprint density at radius 1 is 1.22 bits per heavy atom. The first-order chi connectivity index (χ1) is 8.53. The number of para-hydroxylation sites is 1. The zero-order chi connectivity index (χ0) is 13.2. The lowest BCUT2D eigenvalue weighted by atomic mass is 10.3. The number of thiophene rings is 1. The number of anilines is 1. The largest absolute Gasteiger partial charge is 0.277 e. The Balaban J connectivity index is 2.30. The molecule has 2 rings (SSSR count). The summed E-state index contributed by atoms with van der Waals surface area (Å²) in [7, 11) is -3.54. The first-order valence-electron chi connectivity index (χ1n) is 5.39. The molecule has 18 heavy (non-hydrogen) atoms. The van der Waals surface area contributed by atoms with Gasteiger partial charge in [0, 0.05) is 4.88 Å². The fraction of sp³-hybridized carbons (Fsp3) is 0.167. The second-order valence-corrected chi connectivity index (χ2v) is 7.14. The van der Waals surface area contributed by atoms with E-state index >= 15 is 0 Å². The minimum absolute atomic E-state index is 0.305. The van der Waals surface area contributed by atoms with Gasteiger partial charge in [0.25, 0.3) is 10.0 Å². The molecule has 0 radical (unpaired) electrons. The van der Waals surface area contributed by atoms with Gasteiger partial charge in [-0.2, -0.15) is 0 Å². The molecule has 0 bridgehead atoms. The van der Waals surface area contributed by atoms with Crippen LogP contribution in [0, 0.1) is 0 Å². The summed E-state index contributed by atoms with van der Waals surface area (Å²) in [5.41, 5.74) is 0.394. The van der Waals surface area contributed by atoms with E-state index in [1.165, 1.54) is 11.3 Å². The number of hydrogen-bond donors (Lipinski definition) is 1. The van der Waals surface area contributed by atoms with Crippen molar-refractivity contribution in [3.05, 3.63) is 46.3 Å². The number of halogens is 1. The predicted molar refractivity (Wildman–Crippen MR) is 76.0 cm³/mol. The predicted octanol–water partition coefficient (Wildman–Crippen LogP) is 3.76. The molecule has 6 heteroatoms. The van der Waals surface area contributed by atoms with E-state index in [-0.39, 0.29) is 0 Å². The number of hydrogen-bond acceptors (Lipinski definition) is 3. The van der Waals surface area contributed by atoms with Gasteiger partial charge in [0.05, 0.1) is 10.7 Å². The zero-order valence-corrected chi connectivity index (χ0v) is 12.1. The molecule has 0 saturated carbocycles. The smallest absolute Gasteiger partial charge is 0.271 e. The quantitative estimate of drug-likeness (QED) is 0.934. The lowest BCUT2D eigenvalue weighted by Gasteiger charge is -2.07. The van der Waals surface area contributed by atoms with Crippen LogP contribution in [0.1, 0.15) is 11.8 Å². The Morgan fingerprint density at radius 3 is 2.56 bits per heavy atom. The van der Waals surface area contributed by atoms with Crippen LogP contribution in [0.2, 0.25) is 5.02 Å². The van der Waals surface area contributed by atoms with Crippen LogP contribution in [-0.4, -0.2) is 8.42 Å². The minimum atomic E-state index is -3.54. The lowest BCUT2D eigenvalue weighted by molar-refractivity contribution is 0.603. The number of nitrogens with one attached hydrogen (secondary N) is 1. The van der Waals surface area contributed by atoms with Crippen LogP contribution >= 0.6 is 22.9 Å². The molecule has 3 nitrogen and oxygen atoms in total. The second kappa shape index (κ2) is 5.30. The summed E-state index contributed by atoms with van der Waals surface area (Å²) in [4.78, 5) is 1.04. The van der Waals surface area contributed by atoms with Crippen molar-refractivity contribution < 1.29 is 8.42 Å². The van der Waals surface area contributed by atoms with Gasteiger partial charge in [-0.25, -0.2) is 8.42 Å². The summed E-state index contributed by atoms with van der Waals surface area (Å²) in [5, 5.41) is 0.383. The Morgan fingerprint density at radius 2 is 1.94 bits per heavy atom. The van der Waals surface area contributed by atoms with Crippen LogP contribution in [0.5, 0.6) is 0 Å². The van der Waals surface area contributed by atoms with E-state index in [0.29, 0.717) is 14.9 Å². The highest BCUT2D eigenvalue weighted by Crippen LogP contribution is 2.27. The molecule has 0 saturated heterocycles. The molecule has 0 aliphatic heterocycles. The molecule has 96 valence electrons. The molecule has 1 aromatic heterocycles. The van der Waals surface area contributed by atoms with Gasteiger partial charge < -0.3 is 0 Å². The third-order valence-corrected chi connectivity index (χ3v) is 5.78. The highest BCUT2D eigenvalue weighted by atomic mass is 35.5. The van der Waals surface area contributed by atoms with Crippen LogP contribution in [0.15, 0.2) is 40.6 Å². The zero-order valence-electron chi connectivity index (χ0n) is 9.68. The molecule has 2 aromatic rings. The summed E-state index contributed by atoms with van der Waals surface area (Å²) in [6.45, 7) is 1.99. The maximum absolute atomic E-state index is 12.1. The Hall–Kier alpha value is -1.04. The molecule has 0 amide bonds. The van der Waals surface area contributed by atoms with E-state index in [1.807, 2.05) is 13.0 Å². The minimum Gasteiger partial charge on any atom is -0.277 e. The summed E-state index contributed by atoms with van der Waals surface area (Å²) in [6.07, 6.45) is 0.826. The van der Waals surface area contributed by atoms with E-state index in [0.717, 1.165) is 11.3 Å². The van der Waals surface area contributed by atoms with Crippen molar-refractivity contribution in [3.63, 3.8) is 0 Å². The molecule has 1 N–H and O–H groups in total. The molecular formula is C12H12ClNO2S2. The second-order valence-electron chi connectivity index (χ2n) is 3.66. The van der Waals surface area contributed by atoms with Crippen LogP contribution in [0.4, 0.5) is 5.69 Å². The van der Waals surface area contributed by atoms with Gasteiger partial charge in [0.15, 0.2) is 0 Å². The Labute approximate surface area is 115 Å². The van der Waals surface area contributed by atoms with Crippen molar-refractivity contribution in [1.82, 2.24) is 0 Å². The highest BCUT2D eigenvalue weighted by molar-refractivity contribution is 7.94. The van der Waals surface area contributed by atoms with Crippen LogP contribution in [0.3, 0.4) is 0 Å². The van der Waals surface area contributed by atoms with Crippen molar-refractivity contribution in [2.75, 3.05) is 4.72 Å². The first-order valence-corrected chi connectivity index (χ1v) is 8.07. The molecule has 0 atom stereocenters. The van der Waals surface area contributed by atoms with Crippen molar-refractivity contribution in [3.8, 4) is 0 Å². The van der Waals surface area contributed by atoms with E-state index < -0.39 is 10.0 Å². The highest BCUT2D eigenvalue weighted by Gasteiger charge is 2.17. The molecular weight excluding hydrogens is 290 g/mol. The molecule has 0 spiro atoms. The number of rotatable bonds is 4. The molecule has 0 aliphatic carbocycles. The average molecular weight is 302 g/mol. The van der Waals surface area contributed by atoms with Gasteiger partial charge in [-0.1, -0.05) is 30.7 Å². The summed E-state index contributed by atoms with van der Waals surface area (Å²) in [6, 6.07) is 10.2. The maximum atomic E-state index is 12.1. The lowest BCUT2D eigenvalue weighted by Crippen LogP contribution is -2.11. The van der Waals surface area contributed by atoms with Gasteiger partial charge in [-0.15, -0.1) is 11.3 Å². The van der Waals surface area contributed by atoms with Crippen molar-refractivity contribution in [1.29, 1.82) is 0 Å².